The van der Waals surface area contributed by atoms with E-state index in [1.807, 2.05) is 32.0 Å². The molecule has 0 saturated heterocycles. The maximum absolute atomic E-state index is 11.9. The number of hydrogen-bond acceptors (Lipinski definition) is 2. The second-order valence-electron chi connectivity index (χ2n) is 4.71. The summed E-state index contributed by atoms with van der Waals surface area (Å²) in [5, 5.41) is 3.67. The van der Waals surface area contributed by atoms with Crippen molar-refractivity contribution >= 4 is 34.8 Å². The standard InChI is InChI=1S/C16H15Cl2NO2/c1-10-3-5-13(7-11(10)2)19-16(20)9-21-15-6-4-12(17)8-14(15)18/h3-8H,9H2,1-2H3,(H,19,20). The predicted octanol–water partition coefficient (Wildman–Crippen LogP) is 4.63. The van der Waals surface area contributed by atoms with Crippen LogP contribution < -0.4 is 10.1 Å². The normalized spacial score (nSPS) is 10.3. The first kappa shape index (κ1) is 15.7. The van der Waals surface area contributed by atoms with Gasteiger partial charge in [0, 0.05) is 10.7 Å². The average molecular weight is 324 g/mol. The molecule has 0 aliphatic carbocycles. The van der Waals surface area contributed by atoms with Gasteiger partial charge in [-0.25, -0.2) is 0 Å². The minimum Gasteiger partial charge on any atom is -0.482 e. The number of hydrogen-bond donors (Lipinski definition) is 1. The first-order valence-corrected chi connectivity index (χ1v) is 7.16. The second kappa shape index (κ2) is 6.83. The van der Waals surface area contributed by atoms with E-state index in [0.717, 1.165) is 11.3 Å². The molecule has 0 aromatic heterocycles. The number of anilines is 1. The summed E-state index contributed by atoms with van der Waals surface area (Å²) in [4.78, 5) is 11.9. The number of ether oxygens (including phenoxy) is 1. The minimum atomic E-state index is -0.246. The van der Waals surface area contributed by atoms with Crippen LogP contribution in [0.4, 0.5) is 5.69 Å². The zero-order chi connectivity index (χ0) is 15.4. The van der Waals surface area contributed by atoms with E-state index in [-0.39, 0.29) is 12.5 Å². The Balaban J connectivity index is 1.94. The third-order valence-electron chi connectivity index (χ3n) is 3.04. The number of rotatable bonds is 4. The molecule has 2 rings (SSSR count). The largest absolute Gasteiger partial charge is 0.482 e. The van der Waals surface area contributed by atoms with E-state index < -0.39 is 0 Å². The minimum absolute atomic E-state index is 0.117. The van der Waals surface area contributed by atoms with Crippen LogP contribution in [0.25, 0.3) is 0 Å². The molecule has 1 amide bonds. The van der Waals surface area contributed by atoms with Crippen molar-refractivity contribution in [1.82, 2.24) is 0 Å². The fraction of sp³-hybridized carbons (Fsp3) is 0.188. The van der Waals surface area contributed by atoms with Crippen molar-refractivity contribution < 1.29 is 9.53 Å². The molecule has 5 heteroatoms. The first-order valence-electron chi connectivity index (χ1n) is 6.40. The summed E-state index contributed by atoms with van der Waals surface area (Å²) < 4.78 is 5.38. The lowest BCUT2D eigenvalue weighted by atomic mass is 10.1. The Morgan fingerprint density at radius 3 is 2.52 bits per heavy atom. The lowest BCUT2D eigenvalue weighted by molar-refractivity contribution is -0.118. The van der Waals surface area contributed by atoms with Gasteiger partial charge in [0.15, 0.2) is 6.61 Å². The van der Waals surface area contributed by atoms with E-state index in [4.69, 9.17) is 27.9 Å². The van der Waals surface area contributed by atoms with Crippen LogP contribution in [0.5, 0.6) is 5.75 Å². The van der Waals surface area contributed by atoms with E-state index in [0.29, 0.717) is 15.8 Å². The fourth-order valence-electron chi connectivity index (χ4n) is 1.75. The summed E-state index contributed by atoms with van der Waals surface area (Å²) in [5.74, 6) is 0.181. The summed E-state index contributed by atoms with van der Waals surface area (Å²) >= 11 is 11.8. The van der Waals surface area contributed by atoms with Gasteiger partial charge in [-0.1, -0.05) is 29.3 Å². The van der Waals surface area contributed by atoms with Crippen molar-refractivity contribution in [3.8, 4) is 5.75 Å². The molecule has 0 aliphatic heterocycles. The molecule has 0 spiro atoms. The quantitative estimate of drug-likeness (QED) is 0.890. The number of carbonyl (C=O) groups excluding carboxylic acids is 1. The monoisotopic (exact) mass is 323 g/mol. The van der Waals surface area contributed by atoms with Crippen molar-refractivity contribution in [2.24, 2.45) is 0 Å². The van der Waals surface area contributed by atoms with Crippen LogP contribution in [0.2, 0.25) is 10.0 Å². The van der Waals surface area contributed by atoms with Gasteiger partial charge in [-0.15, -0.1) is 0 Å². The van der Waals surface area contributed by atoms with Gasteiger partial charge in [0.1, 0.15) is 5.75 Å². The van der Waals surface area contributed by atoms with Gasteiger partial charge in [0.2, 0.25) is 0 Å². The van der Waals surface area contributed by atoms with Crippen LogP contribution in [0, 0.1) is 13.8 Å². The van der Waals surface area contributed by atoms with E-state index in [1.54, 1.807) is 18.2 Å². The summed E-state index contributed by atoms with van der Waals surface area (Å²) in [7, 11) is 0. The SMILES string of the molecule is Cc1ccc(NC(=O)COc2ccc(Cl)cc2Cl)cc1C. The van der Waals surface area contributed by atoms with E-state index in [1.165, 1.54) is 5.56 Å². The number of aryl methyl sites for hydroxylation is 2. The van der Waals surface area contributed by atoms with Crippen molar-refractivity contribution in [2.75, 3.05) is 11.9 Å². The molecule has 3 nitrogen and oxygen atoms in total. The molecule has 0 bridgehead atoms. The van der Waals surface area contributed by atoms with Gasteiger partial charge in [-0.3, -0.25) is 4.79 Å². The molecule has 0 unspecified atom stereocenters. The molecule has 0 fully saturated rings. The van der Waals surface area contributed by atoms with Crippen LogP contribution >= 0.6 is 23.2 Å². The van der Waals surface area contributed by atoms with Crippen molar-refractivity contribution in [3.63, 3.8) is 0 Å². The summed E-state index contributed by atoms with van der Waals surface area (Å²) in [6.07, 6.45) is 0. The molecule has 0 heterocycles. The second-order valence-corrected chi connectivity index (χ2v) is 5.55. The smallest absolute Gasteiger partial charge is 0.262 e. The van der Waals surface area contributed by atoms with Crippen molar-refractivity contribution in [3.05, 3.63) is 57.6 Å². The van der Waals surface area contributed by atoms with Crippen LogP contribution in [0.1, 0.15) is 11.1 Å². The molecular weight excluding hydrogens is 309 g/mol. The van der Waals surface area contributed by atoms with Gasteiger partial charge in [0.25, 0.3) is 5.91 Å². The van der Waals surface area contributed by atoms with Crippen LogP contribution in [-0.2, 0) is 4.79 Å². The Morgan fingerprint density at radius 2 is 1.86 bits per heavy atom. The highest BCUT2D eigenvalue weighted by Gasteiger charge is 2.07. The average Bonchev–Trinajstić information content (AvgIpc) is 2.42. The molecule has 2 aromatic rings. The number of carbonyl (C=O) groups is 1. The van der Waals surface area contributed by atoms with Crippen molar-refractivity contribution in [1.29, 1.82) is 0 Å². The van der Waals surface area contributed by atoms with E-state index >= 15 is 0 Å². The lowest BCUT2D eigenvalue weighted by Crippen LogP contribution is -2.20. The Morgan fingerprint density at radius 1 is 1.10 bits per heavy atom. The highest BCUT2D eigenvalue weighted by atomic mass is 35.5. The Hall–Kier alpha value is -1.71. The highest BCUT2D eigenvalue weighted by molar-refractivity contribution is 6.35. The van der Waals surface area contributed by atoms with Crippen LogP contribution in [0.3, 0.4) is 0 Å². The zero-order valence-corrected chi connectivity index (χ0v) is 13.3. The molecule has 0 atom stereocenters. The molecule has 0 saturated carbocycles. The molecular formula is C16H15Cl2NO2. The first-order chi connectivity index (χ1) is 9.95. The zero-order valence-electron chi connectivity index (χ0n) is 11.7. The van der Waals surface area contributed by atoms with E-state index in [2.05, 4.69) is 5.32 Å². The molecule has 0 radical (unpaired) electrons. The molecule has 21 heavy (non-hydrogen) atoms. The number of benzene rings is 2. The molecule has 2 aromatic carbocycles. The Labute approximate surface area is 133 Å². The molecule has 0 aliphatic rings. The topological polar surface area (TPSA) is 38.3 Å². The Bertz CT molecular complexity index is 671. The third kappa shape index (κ3) is 4.38. The maximum Gasteiger partial charge on any atom is 0.262 e. The summed E-state index contributed by atoms with van der Waals surface area (Å²) in [5.41, 5.74) is 3.04. The number of nitrogens with one attached hydrogen (secondary N) is 1. The number of amides is 1. The summed E-state index contributed by atoms with van der Waals surface area (Å²) in [6.45, 7) is 3.90. The molecule has 1 N–H and O–H groups in total. The highest BCUT2D eigenvalue weighted by Crippen LogP contribution is 2.27. The fourth-order valence-corrected chi connectivity index (χ4v) is 2.21. The molecule has 110 valence electrons. The Kier molecular flexibility index (Phi) is 5.10. The van der Waals surface area contributed by atoms with Gasteiger partial charge < -0.3 is 10.1 Å². The summed E-state index contributed by atoms with van der Waals surface area (Å²) in [6, 6.07) is 10.6. The van der Waals surface area contributed by atoms with Gasteiger partial charge >= 0.3 is 0 Å². The van der Waals surface area contributed by atoms with Crippen LogP contribution in [0.15, 0.2) is 36.4 Å². The lowest BCUT2D eigenvalue weighted by Gasteiger charge is -2.10. The van der Waals surface area contributed by atoms with Gasteiger partial charge in [-0.2, -0.15) is 0 Å². The van der Waals surface area contributed by atoms with E-state index in [9.17, 15) is 4.79 Å². The van der Waals surface area contributed by atoms with Crippen molar-refractivity contribution in [2.45, 2.75) is 13.8 Å². The number of halogens is 2. The van der Waals surface area contributed by atoms with Crippen LogP contribution in [-0.4, -0.2) is 12.5 Å². The maximum atomic E-state index is 11.9. The van der Waals surface area contributed by atoms with Gasteiger partial charge in [0.05, 0.1) is 5.02 Å². The third-order valence-corrected chi connectivity index (χ3v) is 3.57. The van der Waals surface area contributed by atoms with Gasteiger partial charge in [-0.05, 0) is 55.3 Å². The predicted molar refractivity (Wildman–Crippen MR) is 86.5 cm³/mol.